The van der Waals surface area contributed by atoms with E-state index in [2.05, 4.69) is 22.3 Å². The molecule has 1 amide bonds. The van der Waals surface area contributed by atoms with E-state index in [4.69, 9.17) is 10.3 Å². The minimum atomic E-state index is -0.332. The lowest BCUT2D eigenvalue weighted by molar-refractivity contribution is 0.0988. The van der Waals surface area contributed by atoms with E-state index in [-0.39, 0.29) is 11.7 Å². The van der Waals surface area contributed by atoms with Crippen molar-refractivity contribution in [1.82, 2.24) is 5.16 Å². The fourth-order valence-corrected chi connectivity index (χ4v) is 1.55. The van der Waals surface area contributed by atoms with Gasteiger partial charge in [0.1, 0.15) is 0 Å². The summed E-state index contributed by atoms with van der Waals surface area (Å²) < 4.78 is 4.79. The summed E-state index contributed by atoms with van der Waals surface area (Å²) in [6.07, 6.45) is 1.42. The van der Waals surface area contributed by atoms with Gasteiger partial charge in [-0.3, -0.25) is 4.79 Å². The van der Waals surface area contributed by atoms with Gasteiger partial charge >= 0.3 is 0 Å². The van der Waals surface area contributed by atoms with Crippen molar-refractivity contribution < 1.29 is 9.32 Å². The van der Waals surface area contributed by atoms with Gasteiger partial charge in [0.2, 0.25) is 5.76 Å². The maximum atomic E-state index is 11.8. The van der Waals surface area contributed by atoms with Crippen LogP contribution in [0, 0.1) is 18.8 Å². The van der Waals surface area contributed by atoms with Crippen molar-refractivity contribution in [2.45, 2.75) is 6.92 Å². The number of hydrogen-bond acceptors (Lipinski definition) is 4. The zero-order valence-corrected chi connectivity index (χ0v) is 10.4. The van der Waals surface area contributed by atoms with Gasteiger partial charge in [-0.1, -0.05) is 17.0 Å². The molecule has 3 N–H and O–H groups in total. The lowest BCUT2D eigenvalue weighted by Crippen LogP contribution is -2.11. The van der Waals surface area contributed by atoms with Crippen molar-refractivity contribution >= 4 is 11.6 Å². The molecule has 0 fully saturated rings. The molecule has 0 unspecified atom stereocenters. The maximum Gasteiger partial charge on any atom is 0.294 e. The number of nitrogens with one attached hydrogen (secondary N) is 1. The maximum absolute atomic E-state index is 11.8. The predicted octanol–water partition coefficient (Wildman–Crippen LogP) is 1.55. The second kappa shape index (κ2) is 5.85. The van der Waals surface area contributed by atoms with Crippen LogP contribution in [0.1, 0.15) is 21.7 Å². The van der Waals surface area contributed by atoms with E-state index in [9.17, 15) is 4.79 Å². The first kappa shape index (κ1) is 12.9. The quantitative estimate of drug-likeness (QED) is 0.798. The number of aromatic nitrogens is 1. The van der Waals surface area contributed by atoms with E-state index in [0.717, 1.165) is 11.1 Å². The van der Waals surface area contributed by atoms with Crippen molar-refractivity contribution in [2.24, 2.45) is 5.73 Å². The Kier molecular flexibility index (Phi) is 3.96. The normalized spacial score (nSPS) is 9.58. The van der Waals surface area contributed by atoms with E-state index >= 15 is 0 Å². The van der Waals surface area contributed by atoms with Gasteiger partial charge in [-0.05, 0) is 30.7 Å². The fraction of sp³-hybridized carbons (Fsp3) is 0.143. The zero-order chi connectivity index (χ0) is 13.7. The lowest BCUT2D eigenvalue weighted by Gasteiger charge is -2.06. The molecule has 1 aromatic carbocycles. The van der Waals surface area contributed by atoms with Crippen LogP contribution < -0.4 is 11.1 Å². The molecule has 0 radical (unpaired) electrons. The standard InChI is InChI=1S/C14H13N3O2/c1-10-9-11(3-2-7-15)4-5-12(10)17-14(18)13-6-8-16-19-13/h4-6,8-9H,7,15H2,1H3,(H,17,18). The summed E-state index contributed by atoms with van der Waals surface area (Å²) in [7, 11) is 0. The molecule has 0 atom stereocenters. The average molecular weight is 255 g/mol. The van der Waals surface area contributed by atoms with Gasteiger partial charge in [-0.15, -0.1) is 0 Å². The number of amides is 1. The fourth-order valence-electron chi connectivity index (χ4n) is 1.55. The molecular formula is C14H13N3O2. The van der Waals surface area contributed by atoms with Crippen molar-refractivity contribution in [1.29, 1.82) is 0 Å². The van der Waals surface area contributed by atoms with E-state index < -0.39 is 0 Å². The number of anilines is 1. The summed E-state index contributed by atoms with van der Waals surface area (Å²) in [5, 5.41) is 6.24. The number of aryl methyl sites for hydroxylation is 1. The van der Waals surface area contributed by atoms with Crippen LogP contribution in [0.3, 0.4) is 0 Å². The third kappa shape index (κ3) is 3.21. The van der Waals surface area contributed by atoms with Gasteiger partial charge < -0.3 is 15.6 Å². The third-order valence-electron chi connectivity index (χ3n) is 2.47. The molecule has 0 aliphatic rings. The Morgan fingerprint density at radius 2 is 2.32 bits per heavy atom. The summed E-state index contributed by atoms with van der Waals surface area (Å²) >= 11 is 0. The van der Waals surface area contributed by atoms with Gasteiger partial charge in [-0.25, -0.2) is 0 Å². The number of carbonyl (C=O) groups excluding carboxylic acids is 1. The van der Waals surface area contributed by atoms with Crippen molar-refractivity contribution in [2.75, 3.05) is 11.9 Å². The Labute approximate surface area is 110 Å². The van der Waals surface area contributed by atoms with Crippen LogP contribution in [0.25, 0.3) is 0 Å². The van der Waals surface area contributed by atoms with Gasteiger partial charge in [0, 0.05) is 17.3 Å². The number of hydrogen-bond donors (Lipinski definition) is 2. The molecule has 1 aromatic heterocycles. The third-order valence-corrected chi connectivity index (χ3v) is 2.47. The second-order valence-corrected chi connectivity index (χ2v) is 3.87. The Morgan fingerprint density at radius 3 is 2.95 bits per heavy atom. The Bertz CT molecular complexity index is 636. The first-order valence-electron chi connectivity index (χ1n) is 5.72. The van der Waals surface area contributed by atoms with Crippen molar-refractivity contribution in [3.63, 3.8) is 0 Å². The van der Waals surface area contributed by atoms with Crippen LogP contribution in [0.2, 0.25) is 0 Å². The molecule has 96 valence electrons. The van der Waals surface area contributed by atoms with Crippen molar-refractivity contribution in [3.8, 4) is 11.8 Å². The number of benzene rings is 1. The molecular weight excluding hydrogens is 242 g/mol. The minimum absolute atomic E-state index is 0.173. The van der Waals surface area contributed by atoms with Crippen LogP contribution in [0.5, 0.6) is 0 Å². The first-order valence-corrected chi connectivity index (χ1v) is 5.72. The Hall–Kier alpha value is -2.58. The molecule has 0 aliphatic carbocycles. The highest BCUT2D eigenvalue weighted by atomic mass is 16.5. The summed E-state index contributed by atoms with van der Waals surface area (Å²) in [4.78, 5) is 11.8. The summed E-state index contributed by atoms with van der Waals surface area (Å²) in [6.45, 7) is 2.21. The lowest BCUT2D eigenvalue weighted by atomic mass is 10.1. The first-order chi connectivity index (χ1) is 9.20. The van der Waals surface area contributed by atoms with Crippen molar-refractivity contribution in [3.05, 3.63) is 47.3 Å². The Balaban J connectivity index is 2.15. The van der Waals surface area contributed by atoms with E-state index in [1.165, 1.54) is 12.3 Å². The minimum Gasteiger partial charge on any atom is -0.351 e. The van der Waals surface area contributed by atoms with Gasteiger partial charge in [0.05, 0.1) is 12.7 Å². The highest BCUT2D eigenvalue weighted by Crippen LogP contribution is 2.17. The molecule has 0 bridgehead atoms. The van der Waals surface area contributed by atoms with E-state index in [1.54, 1.807) is 6.07 Å². The molecule has 19 heavy (non-hydrogen) atoms. The Morgan fingerprint density at radius 1 is 1.47 bits per heavy atom. The number of carbonyl (C=O) groups is 1. The number of nitrogens with two attached hydrogens (primary N) is 1. The van der Waals surface area contributed by atoms with E-state index in [1.807, 2.05) is 19.1 Å². The average Bonchev–Trinajstić information content (AvgIpc) is 2.93. The zero-order valence-electron chi connectivity index (χ0n) is 10.4. The van der Waals surface area contributed by atoms with Crippen LogP contribution in [-0.2, 0) is 0 Å². The van der Waals surface area contributed by atoms with Gasteiger partial charge in [-0.2, -0.15) is 0 Å². The molecule has 0 saturated carbocycles. The number of rotatable bonds is 2. The summed E-state index contributed by atoms with van der Waals surface area (Å²) in [6, 6.07) is 7.01. The molecule has 0 saturated heterocycles. The monoisotopic (exact) mass is 255 g/mol. The van der Waals surface area contributed by atoms with Crippen LogP contribution in [0.15, 0.2) is 35.0 Å². The molecule has 5 nitrogen and oxygen atoms in total. The van der Waals surface area contributed by atoms with Crippen LogP contribution in [0.4, 0.5) is 5.69 Å². The molecule has 0 spiro atoms. The molecule has 1 heterocycles. The second-order valence-electron chi connectivity index (χ2n) is 3.87. The molecule has 2 rings (SSSR count). The highest BCUT2D eigenvalue weighted by molar-refractivity contribution is 6.02. The van der Waals surface area contributed by atoms with E-state index in [0.29, 0.717) is 12.2 Å². The predicted molar refractivity (Wildman–Crippen MR) is 71.6 cm³/mol. The SMILES string of the molecule is Cc1cc(C#CCN)ccc1NC(=O)c1ccno1. The molecule has 2 aromatic rings. The largest absolute Gasteiger partial charge is 0.351 e. The smallest absolute Gasteiger partial charge is 0.294 e. The van der Waals surface area contributed by atoms with Gasteiger partial charge in [0.15, 0.2) is 0 Å². The molecule has 0 aliphatic heterocycles. The topological polar surface area (TPSA) is 81.1 Å². The summed E-state index contributed by atoms with van der Waals surface area (Å²) in [5.74, 6) is 5.56. The van der Waals surface area contributed by atoms with Crippen LogP contribution >= 0.6 is 0 Å². The molecule has 5 heteroatoms. The number of nitrogens with zero attached hydrogens (tertiary/aromatic N) is 1. The highest BCUT2D eigenvalue weighted by Gasteiger charge is 2.11. The summed E-state index contributed by atoms with van der Waals surface area (Å²) in [5.41, 5.74) is 7.80. The van der Waals surface area contributed by atoms with Gasteiger partial charge in [0.25, 0.3) is 5.91 Å². The van der Waals surface area contributed by atoms with Crippen LogP contribution in [-0.4, -0.2) is 17.6 Å².